The molecular formula is C50H57F3N6O9S2. The van der Waals surface area contributed by atoms with Crippen molar-refractivity contribution in [1.82, 2.24) is 15.2 Å². The lowest BCUT2D eigenvalue weighted by molar-refractivity contribution is -0.144. The summed E-state index contributed by atoms with van der Waals surface area (Å²) in [6.45, 7) is 11.5. The molecule has 2 saturated heterocycles. The maximum Gasteiger partial charge on any atom is 0.417 e. The zero-order chi connectivity index (χ0) is 51.0. The maximum absolute atomic E-state index is 14.0. The van der Waals surface area contributed by atoms with E-state index in [1.165, 1.54) is 17.0 Å². The first-order chi connectivity index (χ1) is 33.1. The highest BCUT2D eigenvalue weighted by atomic mass is 32.1. The number of nitrogens with zero attached hydrogens (tertiary/aromatic N) is 5. The summed E-state index contributed by atoms with van der Waals surface area (Å²) >= 11 is 7.18. The van der Waals surface area contributed by atoms with Crippen LogP contribution in [-0.2, 0) is 46.0 Å². The molecule has 3 atom stereocenters. The summed E-state index contributed by atoms with van der Waals surface area (Å²) in [4.78, 5) is 63.4. The van der Waals surface area contributed by atoms with Crippen LogP contribution >= 0.6 is 23.6 Å². The van der Waals surface area contributed by atoms with Crippen LogP contribution in [0.5, 0.6) is 5.75 Å². The van der Waals surface area contributed by atoms with Crippen molar-refractivity contribution in [1.29, 1.82) is 5.26 Å². The van der Waals surface area contributed by atoms with Gasteiger partial charge in [0.05, 0.1) is 84.1 Å². The number of aromatic nitrogens is 1. The largest absolute Gasteiger partial charge is 0.491 e. The van der Waals surface area contributed by atoms with E-state index in [4.69, 9.17) is 31.2 Å². The highest BCUT2D eigenvalue weighted by molar-refractivity contribution is 7.81. The molecule has 0 bridgehead atoms. The van der Waals surface area contributed by atoms with E-state index in [2.05, 4.69) is 10.3 Å². The van der Waals surface area contributed by atoms with Crippen molar-refractivity contribution >= 4 is 63.5 Å². The van der Waals surface area contributed by atoms with Crippen molar-refractivity contribution in [2.45, 2.75) is 90.7 Å². The number of nitriles is 1. The minimum Gasteiger partial charge on any atom is -0.491 e. The van der Waals surface area contributed by atoms with Crippen LogP contribution in [0.1, 0.15) is 69.8 Å². The van der Waals surface area contributed by atoms with Crippen molar-refractivity contribution in [2.75, 3.05) is 62.6 Å². The number of anilines is 2. The Labute approximate surface area is 414 Å². The van der Waals surface area contributed by atoms with Gasteiger partial charge >= 0.3 is 6.18 Å². The normalized spacial score (nSPS) is 17.5. The molecule has 2 fully saturated rings. The van der Waals surface area contributed by atoms with Crippen LogP contribution in [0.3, 0.4) is 0 Å². The molecule has 4 aromatic rings. The first kappa shape index (κ1) is 53.5. The molecule has 0 aliphatic carbocycles. The minimum atomic E-state index is -4.81. The number of rotatable bonds is 21. The van der Waals surface area contributed by atoms with E-state index in [9.17, 15) is 42.7 Å². The number of thiazole rings is 1. The maximum atomic E-state index is 14.0. The van der Waals surface area contributed by atoms with E-state index in [-0.39, 0.29) is 82.2 Å². The first-order valence-electron chi connectivity index (χ1n) is 22.7. The zero-order valence-corrected chi connectivity index (χ0v) is 41.5. The second-order valence-corrected chi connectivity index (χ2v) is 19.7. The molecule has 6 rings (SSSR count). The van der Waals surface area contributed by atoms with Gasteiger partial charge in [0.25, 0.3) is 5.91 Å². The number of hydrogen-bond donors (Lipinski definition) is 2. The first-order valence-corrected chi connectivity index (χ1v) is 24.0. The number of thiocarbonyl (C=S) groups is 1. The Bertz CT molecular complexity index is 2560. The van der Waals surface area contributed by atoms with Gasteiger partial charge in [-0.2, -0.15) is 18.4 Å². The van der Waals surface area contributed by atoms with Crippen LogP contribution in [0.15, 0.2) is 72.2 Å². The third kappa shape index (κ3) is 12.9. The van der Waals surface area contributed by atoms with E-state index in [0.717, 1.165) is 38.7 Å². The molecule has 0 radical (unpaired) electrons. The van der Waals surface area contributed by atoms with Crippen LogP contribution in [0.4, 0.5) is 24.5 Å². The summed E-state index contributed by atoms with van der Waals surface area (Å²) in [5.74, 6) is -1.14. The summed E-state index contributed by atoms with van der Waals surface area (Å²) < 4.78 is 63.5. The van der Waals surface area contributed by atoms with Crippen LogP contribution in [0.2, 0.25) is 0 Å². The van der Waals surface area contributed by atoms with Gasteiger partial charge in [-0.05, 0) is 98.4 Å². The summed E-state index contributed by atoms with van der Waals surface area (Å²) in [5, 5.41) is 22.5. The van der Waals surface area contributed by atoms with Gasteiger partial charge in [0, 0.05) is 25.1 Å². The Morgan fingerprint density at radius 1 is 0.957 bits per heavy atom. The Morgan fingerprint density at radius 2 is 1.59 bits per heavy atom. The molecule has 0 spiro atoms. The predicted octanol–water partition coefficient (Wildman–Crippen LogP) is 7.05. The Morgan fingerprint density at radius 3 is 2.19 bits per heavy atom. The van der Waals surface area contributed by atoms with Gasteiger partial charge in [0.2, 0.25) is 11.8 Å². The molecular weight excluding hydrogens is 950 g/mol. The van der Waals surface area contributed by atoms with E-state index in [1.54, 1.807) is 54.3 Å². The number of carbonyl (C=O) groups excluding carboxylic acids is 4. The number of Topliss-reactive ketones (excluding diaryl/α,β-unsaturated/α-hetero) is 1. The molecule has 374 valence electrons. The average Bonchev–Trinajstić information content (AvgIpc) is 3.98. The third-order valence-electron chi connectivity index (χ3n) is 11.9. The fourth-order valence-electron chi connectivity index (χ4n) is 8.19. The van der Waals surface area contributed by atoms with E-state index in [1.807, 2.05) is 57.5 Å². The molecule has 3 heterocycles. The second-order valence-electron chi connectivity index (χ2n) is 18.5. The molecule has 0 unspecified atom stereocenters. The zero-order valence-electron chi connectivity index (χ0n) is 39.8. The van der Waals surface area contributed by atoms with E-state index >= 15 is 0 Å². The summed E-state index contributed by atoms with van der Waals surface area (Å²) in [6, 6.07) is 17.5. The SMILES string of the molecule is Cc1ncsc1-c1ccc(CCC(=O)[C@@H]2C[C@@H](O)CN2C(=O)[C@@H](NC(=O)COCCOCCOCCOc2ccc(N3C(=S)N(c4ccc(C#N)c(C(F)(F)F)c4)C(=O)C3(C)C)cc2)C(C)(C)C)cc1. The predicted molar refractivity (Wildman–Crippen MR) is 260 cm³/mol. The van der Waals surface area contributed by atoms with Gasteiger partial charge in [-0.15, -0.1) is 11.3 Å². The fraction of sp³-hybridized carbons (Fsp3) is 0.460. The van der Waals surface area contributed by atoms with E-state index in [0.29, 0.717) is 17.9 Å². The topological polar surface area (TPSA) is 184 Å². The third-order valence-corrected chi connectivity index (χ3v) is 13.2. The van der Waals surface area contributed by atoms with Crippen LogP contribution < -0.4 is 19.9 Å². The van der Waals surface area contributed by atoms with Gasteiger partial charge in [-0.3, -0.25) is 24.1 Å². The van der Waals surface area contributed by atoms with Crippen LogP contribution in [-0.4, -0.2) is 120 Å². The van der Waals surface area contributed by atoms with Gasteiger partial charge < -0.3 is 39.2 Å². The lowest BCUT2D eigenvalue weighted by Crippen LogP contribution is -2.57. The molecule has 0 saturated carbocycles. The number of benzene rings is 3. The number of alkyl halides is 3. The summed E-state index contributed by atoms with van der Waals surface area (Å²) in [5.41, 5.74) is 1.53. The number of aliphatic hydroxyl groups is 1. The minimum absolute atomic E-state index is 0.00763. The Balaban J connectivity index is 0.867. The number of aliphatic hydroxyl groups excluding tert-OH is 1. The smallest absolute Gasteiger partial charge is 0.417 e. The highest BCUT2D eigenvalue weighted by Gasteiger charge is 2.51. The molecule has 15 nitrogen and oxygen atoms in total. The number of nitrogens with one attached hydrogen (secondary N) is 1. The number of aryl methyl sites for hydroxylation is 2. The van der Waals surface area contributed by atoms with Crippen LogP contribution in [0.25, 0.3) is 10.4 Å². The number of likely N-dealkylation sites (tertiary alicyclic amines) is 1. The quantitative estimate of drug-likeness (QED) is 0.0641. The molecule has 3 amide bonds. The second kappa shape index (κ2) is 22.9. The molecule has 2 aliphatic rings. The number of ether oxygens (including phenoxy) is 4. The number of hydrogen-bond acceptors (Lipinski definition) is 13. The van der Waals surface area contributed by atoms with Crippen molar-refractivity contribution in [3.8, 4) is 22.3 Å². The van der Waals surface area contributed by atoms with Crippen LogP contribution in [0, 0.1) is 23.7 Å². The lowest BCUT2D eigenvalue weighted by atomic mass is 9.85. The average molecular weight is 1010 g/mol. The molecule has 20 heteroatoms. The molecule has 70 heavy (non-hydrogen) atoms. The van der Waals surface area contributed by atoms with E-state index < -0.39 is 64.2 Å². The molecule has 3 aromatic carbocycles. The monoisotopic (exact) mass is 1010 g/mol. The Kier molecular flexibility index (Phi) is 17.5. The van der Waals surface area contributed by atoms with Gasteiger partial charge in [0.1, 0.15) is 30.5 Å². The molecule has 2 N–H and O–H groups in total. The Hall–Kier alpha value is -5.82. The number of ketones is 1. The van der Waals surface area contributed by atoms with Gasteiger partial charge in [-0.1, -0.05) is 45.0 Å². The number of amides is 3. The number of halogens is 3. The van der Waals surface area contributed by atoms with Crippen molar-refractivity contribution in [2.24, 2.45) is 5.41 Å². The number of carbonyl (C=O) groups is 4. The molecule has 1 aromatic heterocycles. The summed E-state index contributed by atoms with van der Waals surface area (Å²) in [6.07, 6.45) is -4.87. The van der Waals surface area contributed by atoms with Crippen molar-refractivity contribution in [3.05, 3.63) is 94.6 Å². The summed E-state index contributed by atoms with van der Waals surface area (Å²) in [7, 11) is 0. The van der Waals surface area contributed by atoms with Gasteiger partial charge in [-0.25, -0.2) is 4.98 Å². The van der Waals surface area contributed by atoms with Crippen molar-refractivity contribution in [3.63, 3.8) is 0 Å². The van der Waals surface area contributed by atoms with Crippen molar-refractivity contribution < 1.29 is 56.4 Å². The van der Waals surface area contributed by atoms with Gasteiger partial charge in [0.15, 0.2) is 10.9 Å². The standard InChI is InChI=1S/C50H57F3N6O9S2/c1-31-43(70-30-55-31)33-10-7-32(8-11-33)9-18-41(61)40-26-37(60)28-57(40)45(63)44(48(2,3)4)56-42(62)29-67-22-21-65-19-20-66-23-24-68-38-16-14-35(15-17-38)59-47(69)58(46(64)49(59,5)6)36-13-12-34(27-54)39(25-36)50(51,52)53/h7-8,10-17,25,30,37,40,44,60H,9,18-24,26,28-29H2,1-6H3,(H,56,62)/t37-,40+,44-/m1/s1. The number of β-amino-alcohol motifs (C(OH)–C–C–N with tert-alkyl or cyclic N) is 1. The highest BCUT2D eigenvalue weighted by Crippen LogP contribution is 2.40. The molecule has 2 aliphatic heterocycles. The fourth-order valence-corrected chi connectivity index (χ4v) is 9.52. The lowest BCUT2D eigenvalue weighted by Gasteiger charge is -2.35.